The van der Waals surface area contributed by atoms with E-state index in [-0.39, 0.29) is 6.54 Å². The average Bonchev–Trinajstić information content (AvgIpc) is 2.30. The fourth-order valence-electron chi connectivity index (χ4n) is 1.13. The topological polar surface area (TPSA) is 64.3 Å². The van der Waals surface area contributed by atoms with Crippen molar-refractivity contribution in [2.75, 3.05) is 13.6 Å². The molecule has 1 rings (SSSR count). The molecule has 4 nitrogen and oxygen atoms in total. The standard InChI is InChI=1S/C10H7F3N2O2/c1-15(3-2-14)10(17)5-4-6(11)8(13)9(16)7(5)12/h4,16H,3H2,1H3. The van der Waals surface area contributed by atoms with Crippen LogP contribution in [0.5, 0.6) is 5.75 Å². The molecule has 1 N–H and O–H groups in total. The number of halogens is 3. The van der Waals surface area contributed by atoms with Crippen molar-refractivity contribution in [3.05, 3.63) is 29.1 Å². The van der Waals surface area contributed by atoms with Gasteiger partial charge < -0.3 is 10.0 Å². The van der Waals surface area contributed by atoms with E-state index >= 15 is 0 Å². The number of benzene rings is 1. The van der Waals surface area contributed by atoms with E-state index in [2.05, 4.69) is 0 Å². The number of hydrogen-bond acceptors (Lipinski definition) is 3. The maximum absolute atomic E-state index is 13.3. The molecule has 17 heavy (non-hydrogen) atoms. The monoisotopic (exact) mass is 244 g/mol. The Morgan fingerprint density at radius 3 is 2.59 bits per heavy atom. The SMILES string of the molecule is CN(CC#N)C(=O)c1cc(F)c(F)c(O)c1F. The Morgan fingerprint density at radius 2 is 2.06 bits per heavy atom. The largest absolute Gasteiger partial charge is 0.503 e. The first-order valence-corrected chi connectivity index (χ1v) is 4.39. The van der Waals surface area contributed by atoms with Gasteiger partial charge in [0.05, 0.1) is 11.6 Å². The second kappa shape index (κ2) is 4.74. The quantitative estimate of drug-likeness (QED) is 0.631. The molecule has 0 heterocycles. The molecule has 0 bridgehead atoms. The summed E-state index contributed by atoms with van der Waals surface area (Å²) < 4.78 is 38.9. The van der Waals surface area contributed by atoms with Crippen LogP contribution in [-0.4, -0.2) is 29.5 Å². The van der Waals surface area contributed by atoms with E-state index in [0.717, 1.165) is 4.90 Å². The number of hydrogen-bond donors (Lipinski definition) is 1. The fraction of sp³-hybridized carbons (Fsp3) is 0.200. The molecule has 0 aliphatic rings. The van der Waals surface area contributed by atoms with Crippen LogP contribution >= 0.6 is 0 Å². The predicted octanol–water partition coefficient (Wildman–Crippen LogP) is 1.41. The Kier molecular flexibility index (Phi) is 3.58. The van der Waals surface area contributed by atoms with Gasteiger partial charge in [-0.15, -0.1) is 0 Å². The Balaban J connectivity index is 3.25. The highest BCUT2D eigenvalue weighted by Crippen LogP contribution is 2.26. The third-order valence-electron chi connectivity index (χ3n) is 2.02. The molecule has 7 heteroatoms. The minimum Gasteiger partial charge on any atom is -0.503 e. The summed E-state index contributed by atoms with van der Waals surface area (Å²) in [6.45, 7) is -0.349. The Morgan fingerprint density at radius 1 is 1.47 bits per heavy atom. The molecule has 0 unspecified atom stereocenters. The van der Waals surface area contributed by atoms with Crippen molar-refractivity contribution in [3.8, 4) is 11.8 Å². The van der Waals surface area contributed by atoms with E-state index in [9.17, 15) is 18.0 Å². The van der Waals surface area contributed by atoms with Crippen molar-refractivity contribution in [1.29, 1.82) is 5.26 Å². The van der Waals surface area contributed by atoms with Gasteiger partial charge in [-0.3, -0.25) is 4.79 Å². The Labute approximate surface area is 94.5 Å². The van der Waals surface area contributed by atoms with Gasteiger partial charge >= 0.3 is 0 Å². The van der Waals surface area contributed by atoms with Gasteiger partial charge in [-0.2, -0.15) is 9.65 Å². The first-order valence-electron chi connectivity index (χ1n) is 4.39. The molecule has 0 aliphatic heterocycles. The highest BCUT2D eigenvalue weighted by atomic mass is 19.2. The van der Waals surface area contributed by atoms with Crippen LogP contribution in [0, 0.1) is 28.8 Å². The summed E-state index contributed by atoms with van der Waals surface area (Å²) >= 11 is 0. The lowest BCUT2D eigenvalue weighted by atomic mass is 10.1. The first-order chi connectivity index (χ1) is 7.90. The molecule has 0 aliphatic carbocycles. The smallest absolute Gasteiger partial charge is 0.257 e. The number of rotatable bonds is 2. The van der Waals surface area contributed by atoms with E-state index in [1.54, 1.807) is 6.07 Å². The van der Waals surface area contributed by atoms with E-state index in [1.165, 1.54) is 7.05 Å². The van der Waals surface area contributed by atoms with Crippen LogP contribution in [0.3, 0.4) is 0 Å². The molecule has 0 spiro atoms. The zero-order valence-corrected chi connectivity index (χ0v) is 8.67. The Bertz CT molecular complexity index is 511. The van der Waals surface area contributed by atoms with Crippen LogP contribution in [0.2, 0.25) is 0 Å². The number of phenolic OH excluding ortho intramolecular Hbond substituents is 1. The van der Waals surface area contributed by atoms with Gasteiger partial charge in [-0.25, -0.2) is 8.78 Å². The predicted molar refractivity (Wildman–Crippen MR) is 50.6 cm³/mol. The minimum absolute atomic E-state index is 0.334. The van der Waals surface area contributed by atoms with Gasteiger partial charge in [0.25, 0.3) is 5.91 Å². The van der Waals surface area contributed by atoms with Crippen LogP contribution in [0.15, 0.2) is 6.07 Å². The lowest BCUT2D eigenvalue weighted by Gasteiger charge is -2.14. The molecule has 0 radical (unpaired) electrons. The maximum Gasteiger partial charge on any atom is 0.257 e. The third-order valence-corrected chi connectivity index (χ3v) is 2.02. The number of nitrogens with zero attached hydrogens (tertiary/aromatic N) is 2. The number of carbonyl (C=O) groups excluding carboxylic acids is 1. The summed E-state index contributed by atoms with van der Waals surface area (Å²) in [5.41, 5.74) is -0.834. The van der Waals surface area contributed by atoms with Gasteiger partial charge in [0, 0.05) is 7.05 Å². The van der Waals surface area contributed by atoms with E-state index in [1.807, 2.05) is 0 Å². The van der Waals surface area contributed by atoms with Crippen LogP contribution in [0.1, 0.15) is 10.4 Å². The summed E-state index contributed by atoms with van der Waals surface area (Å²) in [6, 6.07) is 1.96. The number of amides is 1. The summed E-state index contributed by atoms with van der Waals surface area (Å²) in [6.07, 6.45) is 0. The number of phenols is 1. The van der Waals surface area contributed by atoms with Crippen LogP contribution < -0.4 is 0 Å². The molecule has 0 fully saturated rings. The molecule has 1 aromatic rings. The van der Waals surface area contributed by atoms with Crippen LogP contribution in [-0.2, 0) is 0 Å². The molecule has 1 aromatic carbocycles. The zero-order chi connectivity index (χ0) is 13.2. The molecule has 0 saturated heterocycles. The van der Waals surface area contributed by atoms with E-state index in [0.29, 0.717) is 6.07 Å². The van der Waals surface area contributed by atoms with Gasteiger partial charge in [0.15, 0.2) is 17.4 Å². The van der Waals surface area contributed by atoms with Gasteiger partial charge in [-0.1, -0.05) is 0 Å². The molecule has 0 aromatic heterocycles. The zero-order valence-electron chi connectivity index (χ0n) is 8.67. The Hall–Kier alpha value is -2.23. The van der Waals surface area contributed by atoms with Crippen molar-refractivity contribution >= 4 is 5.91 Å². The van der Waals surface area contributed by atoms with Crippen molar-refractivity contribution in [2.45, 2.75) is 0 Å². The van der Waals surface area contributed by atoms with Crippen LogP contribution in [0.4, 0.5) is 13.2 Å². The van der Waals surface area contributed by atoms with Crippen molar-refractivity contribution in [2.24, 2.45) is 0 Å². The van der Waals surface area contributed by atoms with Gasteiger partial charge in [-0.05, 0) is 6.07 Å². The van der Waals surface area contributed by atoms with Gasteiger partial charge in [0.1, 0.15) is 6.54 Å². The summed E-state index contributed by atoms with van der Waals surface area (Å²) in [4.78, 5) is 12.3. The highest BCUT2D eigenvalue weighted by molar-refractivity contribution is 5.95. The van der Waals surface area contributed by atoms with Crippen LogP contribution in [0.25, 0.3) is 0 Å². The normalized spacial score (nSPS) is 9.82. The number of carbonyl (C=O) groups is 1. The minimum atomic E-state index is -1.76. The highest BCUT2D eigenvalue weighted by Gasteiger charge is 2.24. The number of aromatic hydroxyl groups is 1. The summed E-state index contributed by atoms with van der Waals surface area (Å²) in [7, 11) is 1.18. The maximum atomic E-state index is 13.3. The third kappa shape index (κ3) is 2.30. The van der Waals surface area contributed by atoms with Crippen molar-refractivity contribution < 1.29 is 23.1 Å². The second-order valence-electron chi connectivity index (χ2n) is 3.20. The molecule has 90 valence electrons. The van der Waals surface area contributed by atoms with Gasteiger partial charge in [0.2, 0.25) is 5.82 Å². The molecule has 0 atom stereocenters. The van der Waals surface area contributed by atoms with E-state index < -0.39 is 34.7 Å². The molecular formula is C10H7F3N2O2. The first kappa shape index (κ1) is 12.8. The summed E-state index contributed by atoms with van der Waals surface area (Å²) in [5, 5.41) is 17.2. The van der Waals surface area contributed by atoms with Crippen molar-refractivity contribution in [1.82, 2.24) is 4.90 Å². The average molecular weight is 244 g/mol. The molecule has 1 amide bonds. The number of nitriles is 1. The lowest BCUT2D eigenvalue weighted by Crippen LogP contribution is -2.28. The second-order valence-corrected chi connectivity index (χ2v) is 3.20. The fourth-order valence-corrected chi connectivity index (χ4v) is 1.13. The van der Waals surface area contributed by atoms with Crippen molar-refractivity contribution in [3.63, 3.8) is 0 Å². The molecular weight excluding hydrogens is 237 g/mol. The summed E-state index contributed by atoms with van der Waals surface area (Å²) in [5.74, 6) is -7.45. The van der Waals surface area contributed by atoms with E-state index in [4.69, 9.17) is 10.4 Å². The molecule has 0 saturated carbocycles. The lowest BCUT2D eigenvalue weighted by molar-refractivity contribution is 0.0805.